The average molecular weight is 250 g/mol. The van der Waals surface area contributed by atoms with Crippen LogP contribution in [-0.2, 0) is 0 Å². The maximum Gasteiger partial charge on any atom is 0.0905 e. The zero-order valence-corrected chi connectivity index (χ0v) is 11.5. The van der Waals surface area contributed by atoms with Crippen molar-refractivity contribution >= 4 is 17.6 Å². The quantitative estimate of drug-likeness (QED) is 0.332. The third-order valence-electron chi connectivity index (χ3n) is 2.66. The van der Waals surface area contributed by atoms with E-state index in [-0.39, 0.29) is 0 Å². The molecule has 0 atom stereocenters. The van der Waals surface area contributed by atoms with Gasteiger partial charge in [-0.25, -0.2) is 0 Å². The first-order valence-electron chi connectivity index (χ1n) is 6.15. The minimum atomic E-state index is 0.302. The van der Waals surface area contributed by atoms with Gasteiger partial charge in [0.1, 0.15) is 0 Å². The number of hydrogen-bond donors (Lipinski definition) is 2. The van der Waals surface area contributed by atoms with Gasteiger partial charge in [-0.3, -0.25) is 5.41 Å². The van der Waals surface area contributed by atoms with Crippen molar-refractivity contribution in [3.05, 3.63) is 29.8 Å². The fraction of sp³-hybridized carbons (Fsp3) is 0.500. The van der Waals surface area contributed by atoms with E-state index in [1.165, 1.54) is 10.5 Å². The highest BCUT2D eigenvalue weighted by atomic mass is 32.2. The molecule has 0 unspecified atom stereocenters. The second-order valence-corrected chi connectivity index (χ2v) is 5.72. The van der Waals surface area contributed by atoms with E-state index in [4.69, 9.17) is 11.1 Å². The van der Waals surface area contributed by atoms with Crippen molar-refractivity contribution in [2.24, 2.45) is 5.73 Å². The number of benzene rings is 1. The molecule has 1 rings (SSSR count). The predicted molar refractivity (Wildman–Crippen MR) is 77.0 cm³/mol. The van der Waals surface area contributed by atoms with E-state index in [1.54, 1.807) is 0 Å². The molecule has 0 aliphatic rings. The summed E-state index contributed by atoms with van der Waals surface area (Å²) in [6, 6.07) is 8.82. The normalized spacial score (nSPS) is 10.8. The first kappa shape index (κ1) is 14.1. The van der Waals surface area contributed by atoms with Crippen molar-refractivity contribution < 1.29 is 0 Å². The van der Waals surface area contributed by atoms with Crippen LogP contribution in [0.2, 0.25) is 0 Å². The van der Waals surface area contributed by atoms with Crippen molar-refractivity contribution in [3.8, 4) is 0 Å². The van der Waals surface area contributed by atoms with Gasteiger partial charge in [-0.2, -0.15) is 0 Å². The molecule has 0 fully saturated rings. The van der Waals surface area contributed by atoms with Crippen molar-refractivity contribution in [2.75, 3.05) is 5.75 Å². The average Bonchev–Trinajstić information content (AvgIpc) is 2.29. The summed E-state index contributed by atoms with van der Waals surface area (Å²) < 4.78 is 0. The van der Waals surface area contributed by atoms with Crippen LogP contribution in [-0.4, -0.2) is 11.6 Å². The molecule has 94 valence electrons. The van der Waals surface area contributed by atoms with Crippen LogP contribution in [0.3, 0.4) is 0 Å². The summed E-state index contributed by atoms with van der Waals surface area (Å²) >= 11 is 1.88. The lowest BCUT2D eigenvalue weighted by molar-refractivity contribution is 0.836. The van der Waals surface area contributed by atoms with Crippen LogP contribution in [0.1, 0.15) is 44.6 Å². The second-order valence-electron chi connectivity index (χ2n) is 4.55. The number of rotatable bonds is 7. The monoisotopic (exact) mass is 250 g/mol. The molecule has 17 heavy (non-hydrogen) atoms. The lowest BCUT2D eigenvalue weighted by Gasteiger charge is -2.06. The third kappa shape index (κ3) is 5.78. The van der Waals surface area contributed by atoms with E-state index in [9.17, 15) is 0 Å². The largest absolute Gasteiger partial charge is 0.388 e. The molecule has 0 spiro atoms. The van der Waals surface area contributed by atoms with Gasteiger partial charge in [0, 0.05) is 11.3 Å². The topological polar surface area (TPSA) is 49.9 Å². The Morgan fingerprint density at radius 2 is 1.88 bits per heavy atom. The number of nitrogens with two attached hydrogens (primary N) is 1. The third-order valence-corrected chi connectivity index (χ3v) is 3.75. The first-order valence-corrected chi connectivity index (χ1v) is 7.14. The Balaban J connectivity index is 2.25. The van der Waals surface area contributed by atoms with Crippen LogP contribution < -0.4 is 5.73 Å². The summed E-state index contributed by atoms with van der Waals surface area (Å²) in [5, 5.41) is 7.13. The number of thioether (sulfide) groups is 1. The van der Waals surface area contributed by atoms with Crippen molar-refractivity contribution in [2.45, 2.75) is 43.9 Å². The van der Waals surface area contributed by atoms with E-state index in [2.05, 4.69) is 38.1 Å². The van der Waals surface area contributed by atoms with Crippen LogP contribution in [0, 0.1) is 5.41 Å². The van der Waals surface area contributed by atoms with E-state index >= 15 is 0 Å². The molecular formula is C14H22N2S. The molecule has 0 aromatic heterocycles. The van der Waals surface area contributed by atoms with Gasteiger partial charge >= 0.3 is 0 Å². The Morgan fingerprint density at radius 1 is 1.24 bits per heavy atom. The summed E-state index contributed by atoms with van der Waals surface area (Å²) in [4.78, 5) is 1.33. The molecule has 0 saturated carbocycles. The summed E-state index contributed by atoms with van der Waals surface area (Å²) in [7, 11) is 0. The molecule has 0 amide bonds. The molecule has 3 N–H and O–H groups in total. The Morgan fingerprint density at radius 3 is 2.41 bits per heavy atom. The van der Waals surface area contributed by atoms with E-state index < -0.39 is 0 Å². The van der Waals surface area contributed by atoms with Crippen LogP contribution in [0.5, 0.6) is 0 Å². The minimum absolute atomic E-state index is 0.302. The van der Waals surface area contributed by atoms with Gasteiger partial charge in [-0.15, -0.1) is 11.8 Å². The van der Waals surface area contributed by atoms with Gasteiger partial charge < -0.3 is 5.73 Å². The van der Waals surface area contributed by atoms with Gasteiger partial charge in [0.25, 0.3) is 0 Å². The van der Waals surface area contributed by atoms with Crippen molar-refractivity contribution in [1.82, 2.24) is 0 Å². The fourth-order valence-corrected chi connectivity index (χ4v) is 2.47. The first-order chi connectivity index (χ1) is 8.09. The van der Waals surface area contributed by atoms with Gasteiger partial charge in [0.05, 0.1) is 5.84 Å². The molecule has 0 bridgehead atoms. The Bertz CT molecular complexity index is 344. The predicted octanol–water partition coefficient (Wildman–Crippen LogP) is 4.01. The zero-order chi connectivity index (χ0) is 12.7. The molecule has 0 heterocycles. The molecule has 3 heteroatoms. The molecule has 1 aromatic carbocycles. The molecule has 2 nitrogen and oxygen atoms in total. The number of nitrogens with one attached hydrogen (secondary N) is 1. The standard InChI is InChI=1S/C14H22N2S/c1-11(2)12-6-8-13(9-7-12)17-10-4-3-5-14(15)16/h6-9,11H,3-5,10H2,1-2H3,(H3,15,16). The van der Waals surface area contributed by atoms with E-state index in [0.29, 0.717) is 11.8 Å². The Hall–Kier alpha value is -0.960. The lowest BCUT2D eigenvalue weighted by Crippen LogP contribution is -2.08. The minimum Gasteiger partial charge on any atom is -0.388 e. The number of amidine groups is 1. The summed E-state index contributed by atoms with van der Waals surface area (Å²) in [6.45, 7) is 4.42. The smallest absolute Gasteiger partial charge is 0.0905 e. The van der Waals surface area contributed by atoms with Crippen molar-refractivity contribution in [1.29, 1.82) is 5.41 Å². The van der Waals surface area contributed by atoms with E-state index in [1.807, 2.05) is 11.8 Å². The molecule has 0 aliphatic carbocycles. The molecule has 0 saturated heterocycles. The molecule has 0 aliphatic heterocycles. The SMILES string of the molecule is CC(C)c1ccc(SCCCCC(=N)N)cc1. The molecular weight excluding hydrogens is 228 g/mol. The van der Waals surface area contributed by atoms with Crippen LogP contribution in [0.15, 0.2) is 29.2 Å². The lowest BCUT2D eigenvalue weighted by atomic mass is 10.0. The van der Waals surface area contributed by atoms with Gasteiger partial charge in [0.15, 0.2) is 0 Å². The van der Waals surface area contributed by atoms with Crippen LogP contribution in [0.25, 0.3) is 0 Å². The van der Waals surface area contributed by atoms with Gasteiger partial charge in [0.2, 0.25) is 0 Å². The van der Waals surface area contributed by atoms with Gasteiger partial charge in [-0.05, 0) is 42.2 Å². The summed E-state index contributed by atoms with van der Waals surface area (Å²) in [5.41, 5.74) is 6.70. The summed E-state index contributed by atoms with van der Waals surface area (Å²) in [5.74, 6) is 2.01. The van der Waals surface area contributed by atoms with E-state index in [0.717, 1.165) is 25.0 Å². The Kier molecular flexibility index (Phi) is 6.12. The van der Waals surface area contributed by atoms with Crippen LogP contribution in [0.4, 0.5) is 0 Å². The summed E-state index contributed by atoms with van der Waals surface area (Å²) in [6.07, 6.45) is 2.87. The van der Waals surface area contributed by atoms with Gasteiger partial charge in [-0.1, -0.05) is 26.0 Å². The molecule has 1 aromatic rings. The highest BCUT2D eigenvalue weighted by Crippen LogP contribution is 2.22. The maximum absolute atomic E-state index is 7.13. The highest BCUT2D eigenvalue weighted by molar-refractivity contribution is 7.99. The second kappa shape index (κ2) is 7.38. The number of hydrogen-bond acceptors (Lipinski definition) is 2. The highest BCUT2D eigenvalue weighted by Gasteiger charge is 1.99. The molecule has 0 radical (unpaired) electrons. The Labute approximate surface area is 108 Å². The number of unbranched alkanes of at least 4 members (excludes halogenated alkanes) is 1. The fourth-order valence-electron chi connectivity index (χ4n) is 1.56. The zero-order valence-electron chi connectivity index (χ0n) is 10.7. The van der Waals surface area contributed by atoms with Crippen molar-refractivity contribution in [3.63, 3.8) is 0 Å². The van der Waals surface area contributed by atoms with Crippen LogP contribution >= 0.6 is 11.8 Å². The maximum atomic E-state index is 7.13.